The zero-order valence-electron chi connectivity index (χ0n) is 11.2. The van der Waals surface area contributed by atoms with Crippen LogP contribution in [-0.2, 0) is 9.47 Å². The topological polar surface area (TPSA) is 18.5 Å². The van der Waals surface area contributed by atoms with Crippen LogP contribution >= 0.6 is 0 Å². The van der Waals surface area contributed by atoms with Gasteiger partial charge in [-0.1, -0.05) is 6.08 Å². The Hall–Kier alpha value is -1.02. The molecule has 0 aromatic carbocycles. The third-order valence-electron chi connectivity index (χ3n) is 3.63. The van der Waals surface area contributed by atoms with E-state index in [0.717, 1.165) is 18.6 Å². The molecular formula is C15H22O2. The lowest BCUT2D eigenvalue weighted by Gasteiger charge is -2.23. The maximum absolute atomic E-state index is 6.05. The Balaban J connectivity index is 2.13. The molecule has 0 N–H and O–H groups in total. The maximum atomic E-state index is 6.05. The molecule has 2 nitrogen and oxygen atoms in total. The molecule has 2 heteroatoms. The average Bonchev–Trinajstić information content (AvgIpc) is 2.82. The number of ether oxygens (including phenoxy) is 2. The van der Waals surface area contributed by atoms with Crippen molar-refractivity contribution in [3.63, 3.8) is 0 Å². The van der Waals surface area contributed by atoms with E-state index in [1.54, 1.807) is 0 Å². The van der Waals surface area contributed by atoms with Gasteiger partial charge in [-0.05, 0) is 58.3 Å². The molecule has 0 radical (unpaired) electrons. The highest BCUT2D eigenvalue weighted by Crippen LogP contribution is 2.37. The van der Waals surface area contributed by atoms with Gasteiger partial charge in [0.25, 0.3) is 0 Å². The van der Waals surface area contributed by atoms with Gasteiger partial charge in [-0.2, -0.15) is 0 Å². The van der Waals surface area contributed by atoms with E-state index in [9.17, 15) is 0 Å². The van der Waals surface area contributed by atoms with Gasteiger partial charge in [0.1, 0.15) is 11.4 Å². The fraction of sp³-hybridized carbons (Fsp3) is 0.600. The van der Waals surface area contributed by atoms with Gasteiger partial charge < -0.3 is 9.47 Å². The minimum Gasteiger partial charge on any atom is -0.484 e. The number of hydrogen-bond donors (Lipinski definition) is 0. The molecule has 0 aromatic heterocycles. The van der Waals surface area contributed by atoms with Gasteiger partial charge in [0.05, 0.1) is 11.7 Å². The molecule has 0 aromatic rings. The molecule has 17 heavy (non-hydrogen) atoms. The second-order valence-corrected chi connectivity index (χ2v) is 5.75. The monoisotopic (exact) mass is 234 g/mol. The maximum Gasteiger partial charge on any atom is 0.122 e. The molecule has 1 saturated heterocycles. The first-order valence-corrected chi connectivity index (χ1v) is 6.26. The van der Waals surface area contributed by atoms with E-state index >= 15 is 0 Å². The van der Waals surface area contributed by atoms with E-state index in [4.69, 9.17) is 9.47 Å². The van der Waals surface area contributed by atoms with Crippen molar-refractivity contribution in [3.05, 3.63) is 36.1 Å². The van der Waals surface area contributed by atoms with Crippen molar-refractivity contribution in [2.75, 3.05) is 0 Å². The van der Waals surface area contributed by atoms with Crippen LogP contribution in [0.1, 0.15) is 40.5 Å². The number of rotatable bonds is 2. The van der Waals surface area contributed by atoms with Gasteiger partial charge in [0.2, 0.25) is 0 Å². The summed E-state index contributed by atoms with van der Waals surface area (Å²) in [6.07, 6.45) is 8.27. The number of allylic oxidation sites excluding steroid dienone is 1. The van der Waals surface area contributed by atoms with E-state index in [-0.39, 0.29) is 17.3 Å². The third-order valence-corrected chi connectivity index (χ3v) is 3.63. The molecule has 94 valence electrons. The minimum atomic E-state index is -0.184. The Bertz CT molecular complexity index is 390. The van der Waals surface area contributed by atoms with Crippen LogP contribution in [-0.4, -0.2) is 17.3 Å². The molecule has 2 unspecified atom stereocenters. The first-order valence-electron chi connectivity index (χ1n) is 6.26. The van der Waals surface area contributed by atoms with Crippen molar-refractivity contribution in [2.24, 2.45) is 0 Å². The van der Waals surface area contributed by atoms with Crippen LogP contribution in [0, 0.1) is 0 Å². The lowest BCUT2D eigenvalue weighted by atomic mass is 10.0. The molecule has 1 fully saturated rings. The van der Waals surface area contributed by atoms with E-state index in [1.807, 2.05) is 6.08 Å². The molecular weight excluding hydrogens is 212 g/mol. The molecule has 2 heterocycles. The molecule has 2 aliphatic heterocycles. The lowest BCUT2D eigenvalue weighted by Crippen LogP contribution is -2.23. The average molecular weight is 234 g/mol. The Morgan fingerprint density at radius 2 is 2.18 bits per heavy atom. The van der Waals surface area contributed by atoms with Crippen LogP contribution < -0.4 is 0 Å². The summed E-state index contributed by atoms with van der Waals surface area (Å²) in [5, 5.41) is 0. The van der Waals surface area contributed by atoms with Gasteiger partial charge in [-0.25, -0.2) is 0 Å². The molecule has 2 atom stereocenters. The normalized spacial score (nSPS) is 38.0. The van der Waals surface area contributed by atoms with Crippen LogP contribution in [0.2, 0.25) is 0 Å². The Morgan fingerprint density at radius 3 is 2.65 bits per heavy atom. The zero-order valence-corrected chi connectivity index (χ0v) is 11.2. The molecule has 0 bridgehead atoms. The predicted octanol–water partition coefficient (Wildman–Crippen LogP) is 3.75. The van der Waals surface area contributed by atoms with E-state index < -0.39 is 0 Å². The fourth-order valence-electron chi connectivity index (χ4n) is 2.31. The highest BCUT2D eigenvalue weighted by molar-refractivity contribution is 5.30. The van der Waals surface area contributed by atoms with Gasteiger partial charge in [-0.15, -0.1) is 6.58 Å². The van der Waals surface area contributed by atoms with Crippen LogP contribution in [0.3, 0.4) is 0 Å². The second kappa shape index (κ2) is 4.02. The second-order valence-electron chi connectivity index (χ2n) is 5.75. The SMILES string of the molecule is C=CC1(C)CCC(C(C)=C2C=CC(C)(C)O2)O1. The van der Waals surface area contributed by atoms with Gasteiger partial charge in [0.15, 0.2) is 0 Å². The summed E-state index contributed by atoms with van der Waals surface area (Å²) >= 11 is 0. The van der Waals surface area contributed by atoms with E-state index in [1.165, 1.54) is 5.57 Å². The summed E-state index contributed by atoms with van der Waals surface area (Å²) in [7, 11) is 0. The first-order chi connectivity index (χ1) is 7.85. The summed E-state index contributed by atoms with van der Waals surface area (Å²) in [6, 6.07) is 0. The third kappa shape index (κ3) is 2.47. The summed E-state index contributed by atoms with van der Waals surface area (Å²) in [5.74, 6) is 0.966. The number of hydrogen-bond acceptors (Lipinski definition) is 2. The van der Waals surface area contributed by atoms with Crippen molar-refractivity contribution in [1.29, 1.82) is 0 Å². The Labute approximate surface area is 104 Å². The van der Waals surface area contributed by atoms with E-state index in [2.05, 4.69) is 46.4 Å². The summed E-state index contributed by atoms with van der Waals surface area (Å²) < 4.78 is 11.9. The van der Waals surface area contributed by atoms with Crippen LogP contribution in [0.4, 0.5) is 0 Å². The highest BCUT2D eigenvalue weighted by atomic mass is 16.5. The van der Waals surface area contributed by atoms with Crippen molar-refractivity contribution in [2.45, 2.75) is 57.8 Å². The van der Waals surface area contributed by atoms with E-state index in [0.29, 0.717) is 0 Å². The van der Waals surface area contributed by atoms with Gasteiger partial charge in [0, 0.05) is 0 Å². The van der Waals surface area contributed by atoms with Crippen LogP contribution in [0.15, 0.2) is 36.1 Å². The van der Waals surface area contributed by atoms with Gasteiger partial charge in [-0.3, -0.25) is 0 Å². The molecule has 0 amide bonds. The quantitative estimate of drug-likeness (QED) is 0.677. The minimum absolute atomic E-state index is 0.159. The van der Waals surface area contributed by atoms with Crippen LogP contribution in [0.25, 0.3) is 0 Å². The summed E-state index contributed by atoms with van der Waals surface area (Å²) in [4.78, 5) is 0. The largest absolute Gasteiger partial charge is 0.484 e. The molecule has 0 spiro atoms. The standard InChI is InChI=1S/C15H22O2/c1-6-15(5)10-8-13(17-15)11(2)12-7-9-14(3,4)16-12/h6-7,9,13H,1,8,10H2,2-5H3. The van der Waals surface area contributed by atoms with Crippen molar-refractivity contribution in [3.8, 4) is 0 Å². The molecule has 2 rings (SSSR count). The summed E-state index contributed by atoms with van der Waals surface area (Å²) in [5.41, 5.74) is 0.832. The first kappa shape index (κ1) is 12.4. The lowest BCUT2D eigenvalue weighted by molar-refractivity contribution is 0.0176. The Morgan fingerprint density at radius 1 is 1.47 bits per heavy atom. The smallest absolute Gasteiger partial charge is 0.122 e. The van der Waals surface area contributed by atoms with Crippen molar-refractivity contribution in [1.82, 2.24) is 0 Å². The van der Waals surface area contributed by atoms with Crippen molar-refractivity contribution >= 4 is 0 Å². The van der Waals surface area contributed by atoms with Gasteiger partial charge >= 0.3 is 0 Å². The highest BCUT2D eigenvalue weighted by Gasteiger charge is 2.36. The molecule has 2 aliphatic rings. The fourth-order valence-corrected chi connectivity index (χ4v) is 2.31. The van der Waals surface area contributed by atoms with Crippen LogP contribution in [0.5, 0.6) is 0 Å². The van der Waals surface area contributed by atoms with Crippen molar-refractivity contribution < 1.29 is 9.47 Å². The predicted molar refractivity (Wildman–Crippen MR) is 69.7 cm³/mol. The zero-order chi connectivity index (χ0) is 12.7. The molecule has 0 saturated carbocycles. The summed E-state index contributed by atoms with van der Waals surface area (Å²) in [6.45, 7) is 12.2. The molecule has 0 aliphatic carbocycles. The Kier molecular flexibility index (Phi) is 2.94.